The largest absolute Gasteiger partial charge is 0.480 e. The molecule has 0 bridgehead atoms. The van der Waals surface area contributed by atoms with Gasteiger partial charge in [0.25, 0.3) is 0 Å². The van der Waals surface area contributed by atoms with Crippen LogP contribution in [-0.2, 0) is 24.2 Å². The lowest BCUT2D eigenvalue weighted by atomic mass is 10.2. The molecule has 0 aromatic heterocycles. The molecule has 0 saturated carbocycles. The highest BCUT2D eigenvalue weighted by Crippen LogP contribution is 2.18. The van der Waals surface area contributed by atoms with Crippen LogP contribution >= 0.6 is 0 Å². The van der Waals surface area contributed by atoms with Crippen molar-refractivity contribution in [3.8, 4) is 0 Å². The fourth-order valence-electron chi connectivity index (χ4n) is 1.92. The van der Waals surface area contributed by atoms with Crippen LogP contribution in [0.2, 0.25) is 0 Å². The number of methoxy groups -OCH3 is 1. The number of ether oxygens (including phenoxy) is 1. The Morgan fingerprint density at radius 3 is 2.56 bits per heavy atom. The molecular formula is C10H17NO6S. The molecule has 0 aliphatic carbocycles. The van der Waals surface area contributed by atoms with Crippen LogP contribution in [0.5, 0.6) is 0 Å². The molecule has 18 heavy (non-hydrogen) atoms. The van der Waals surface area contributed by atoms with Crippen molar-refractivity contribution in [2.45, 2.75) is 18.9 Å². The van der Waals surface area contributed by atoms with Crippen LogP contribution in [0.1, 0.15) is 12.8 Å². The number of carbonyl (C=O) groups is 2. The Bertz CT molecular complexity index is 418. The Kier molecular flexibility index (Phi) is 5.09. The van der Waals surface area contributed by atoms with E-state index in [9.17, 15) is 18.0 Å². The van der Waals surface area contributed by atoms with E-state index in [-0.39, 0.29) is 30.4 Å². The van der Waals surface area contributed by atoms with E-state index < -0.39 is 28.4 Å². The predicted molar refractivity (Wildman–Crippen MR) is 62.9 cm³/mol. The molecule has 1 aliphatic heterocycles. The van der Waals surface area contributed by atoms with Crippen molar-refractivity contribution in [3.63, 3.8) is 0 Å². The monoisotopic (exact) mass is 279 g/mol. The Labute approximate surface area is 106 Å². The van der Waals surface area contributed by atoms with Gasteiger partial charge in [0, 0.05) is 13.2 Å². The Morgan fingerprint density at radius 2 is 2.11 bits per heavy atom. The lowest BCUT2D eigenvalue weighted by molar-refractivity contribution is -0.146. The molecule has 1 amide bonds. The molecule has 1 fully saturated rings. The van der Waals surface area contributed by atoms with Crippen LogP contribution in [0.25, 0.3) is 0 Å². The summed E-state index contributed by atoms with van der Waals surface area (Å²) in [4.78, 5) is 23.7. The number of carbonyl (C=O) groups excluding carboxylic acids is 1. The topological polar surface area (TPSA) is 101 Å². The van der Waals surface area contributed by atoms with Crippen LogP contribution in [0.15, 0.2) is 0 Å². The van der Waals surface area contributed by atoms with Gasteiger partial charge in [0.1, 0.15) is 6.54 Å². The highest BCUT2D eigenvalue weighted by molar-refractivity contribution is 7.91. The number of rotatable bonds is 6. The van der Waals surface area contributed by atoms with Gasteiger partial charge in [0.15, 0.2) is 9.84 Å². The van der Waals surface area contributed by atoms with Gasteiger partial charge in [-0.3, -0.25) is 9.59 Å². The molecular weight excluding hydrogens is 262 g/mol. The van der Waals surface area contributed by atoms with E-state index >= 15 is 0 Å². The molecule has 1 unspecified atom stereocenters. The predicted octanol–water partition coefficient (Wildman–Crippen LogP) is -0.877. The zero-order valence-electron chi connectivity index (χ0n) is 10.2. The average Bonchev–Trinajstić information content (AvgIpc) is 2.63. The lowest BCUT2D eigenvalue weighted by Crippen LogP contribution is -2.44. The van der Waals surface area contributed by atoms with Crippen LogP contribution in [-0.4, -0.2) is 68.1 Å². The number of carboxylic acid groups (broad SMARTS) is 1. The van der Waals surface area contributed by atoms with Gasteiger partial charge in [-0.05, 0) is 6.42 Å². The van der Waals surface area contributed by atoms with Gasteiger partial charge in [-0.1, -0.05) is 0 Å². The van der Waals surface area contributed by atoms with Crippen molar-refractivity contribution in [2.24, 2.45) is 0 Å². The molecule has 0 spiro atoms. The zero-order valence-corrected chi connectivity index (χ0v) is 11.0. The fraction of sp³-hybridized carbons (Fsp3) is 0.800. The highest BCUT2D eigenvalue weighted by atomic mass is 32.2. The van der Waals surface area contributed by atoms with Gasteiger partial charge in [0.2, 0.25) is 5.91 Å². The summed E-state index contributed by atoms with van der Waals surface area (Å²) >= 11 is 0. The quantitative estimate of drug-likeness (QED) is 0.678. The Balaban J connectivity index is 2.72. The molecule has 1 saturated heterocycles. The normalized spacial score (nSPS) is 21.7. The second kappa shape index (κ2) is 6.14. The summed E-state index contributed by atoms with van der Waals surface area (Å²) in [5.41, 5.74) is 0. The maximum Gasteiger partial charge on any atom is 0.323 e. The first-order valence-corrected chi connectivity index (χ1v) is 7.38. The maximum atomic E-state index is 11.8. The molecule has 1 heterocycles. The summed E-state index contributed by atoms with van der Waals surface area (Å²) < 4.78 is 27.5. The number of carboxylic acids is 1. The van der Waals surface area contributed by atoms with Crippen LogP contribution in [0.4, 0.5) is 0 Å². The lowest BCUT2D eigenvalue weighted by Gasteiger charge is -2.26. The van der Waals surface area contributed by atoms with Gasteiger partial charge in [-0.25, -0.2) is 8.42 Å². The number of sulfone groups is 1. The summed E-state index contributed by atoms with van der Waals surface area (Å²) in [6, 6.07) is -0.532. The van der Waals surface area contributed by atoms with E-state index in [1.165, 1.54) is 7.11 Å². The summed E-state index contributed by atoms with van der Waals surface area (Å²) in [6.07, 6.45) is 0.356. The minimum absolute atomic E-state index is 0.00530. The van der Waals surface area contributed by atoms with Gasteiger partial charge in [-0.2, -0.15) is 0 Å². The van der Waals surface area contributed by atoms with Gasteiger partial charge < -0.3 is 14.7 Å². The Hall–Kier alpha value is -1.15. The van der Waals surface area contributed by atoms with E-state index in [1.54, 1.807) is 0 Å². The second-order valence-electron chi connectivity index (χ2n) is 4.22. The standard InChI is InChI=1S/C10H17NO6S/c1-17-4-2-9(12)11(6-10(13)14)8-3-5-18(15,16)7-8/h8H,2-7H2,1H3,(H,13,14). The number of aliphatic carboxylic acids is 1. The molecule has 8 heteroatoms. The van der Waals surface area contributed by atoms with Crippen LogP contribution < -0.4 is 0 Å². The first kappa shape index (κ1) is 14.9. The number of hydrogen-bond acceptors (Lipinski definition) is 5. The summed E-state index contributed by atoms with van der Waals surface area (Å²) in [7, 11) is -1.71. The first-order chi connectivity index (χ1) is 8.35. The van der Waals surface area contributed by atoms with E-state index in [4.69, 9.17) is 9.84 Å². The Morgan fingerprint density at radius 1 is 1.44 bits per heavy atom. The van der Waals surface area contributed by atoms with Crippen molar-refractivity contribution >= 4 is 21.7 Å². The van der Waals surface area contributed by atoms with Crippen molar-refractivity contribution in [1.29, 1.82) is 0 Å². The maximum absolute atomic E-state index is 11.8. The van der Waals surface area contributed by atoms with Crippen molar-refractivity contribution in [1.82, 2.24) is 4.90 Å². The average molecular weight is 279 g/mol. The summed E-state index contributed by atoms with van der Waals surface area (Å²) in [6.45, 7) is -0.281. The molecule has 0 aromatic rings. The smallest absolute Gasteiger partial charge is 0.323 e. The van der Waals surface area contributed by atoms with E-state index in [1.807, 2.05) is 0 Å². The summed E-state index contributed by atoms with van der Waals surface area (Å²) in [5.74, 6) is -1.68. The number of amides is 1. The van der Waals surface area contributed by atoms with E-state index in [0.717, 1.165) is 4.90 Å². The van der Waals surface area contributed by atoms with E-state index in [2.05, 4.69) is 0 Å². The molecule has 0 aromatic carbocycles. The third-order valence-electron chi connectivity index (χ3n) is 2.80. The SMILES string of the molecule is COCCC(=O)N(CC(=O)O)C1CCS(=O)(=O)C1. The summed E-state index contributed by atoms with van der Waals surface area (Å²) in [5, 5.41) is 8.77. The molecule has 7 nitrogen and oxygen atoms in total. The van der Waals surface area contributed by atoms with Crippen molar-refractivity contribution < 1.29 is 27.9 Å². The molecule has 0 radical (unpaired) electrons. The van der Waals surface area contributed by atoms with Crippen LogP contribution in [0, 0.1) is 0 Å². The second-order valence-corrected chi connectivity index (χ2v) is 6.44. The highest BCUT2D eigenvalue weighted by Gasteiger charge is 2.35. The van der Waals surface area contributed by atoms with Gasteiger partial charge >= 0.3 is 5.97 Å². The van der Waals surface area contributed by atoms with Gasteiger partial charge in [0.05, 0.1) is 24.5 Å². The molecule has 104 valence electrons. The van der Waals surface area contributed by atoms with Gasteiger partial charge in [-0.15, -0.1) is 0 Å². The first-order valence-electron chi connectivity index (χ1n) is 5.56. The van der Waals surface area contributed by atoms with E-state index in [0.29, 0.717) is 6.42 Å². The third-order valence-corrected chi connectivity index (χ3v) is 4.55. The number of hydrogen-bond donors (Lipinski definition) is 1. The minimum Gasteiger partial charge on any atom is -0.480 e. The number of nitrogens with zero attached hydrogens (tertiary/aromatic N) is 1. The van der Waals surface area contributed by atoms with Crippen LogP contribution in [0.3, 0.4) is 0 Å². The molecule has 1 rings (SSSR count). The molecule has 1 atom stereocenters. The molecule has 1 N–H and O–H groups in total. The zero-order chi connectivity index (χ0) is 13.8. The minimum atomic E-state index is -3.15. The third kappa shape index (κ3) is 4.26. The molecule has 1 aliphatic rings. The van der Waals surface area contributed by atoms with Crippen molar-refractivity contribution in [2.75, 3.05) is 31.8 Å². The van der Waals surface area contributed by atoms with Crippen molar-refractivity contribution in [3.05, 3.63) is 0 Å². The fourth-order valence-corrected chi connectivity index (χ4v) is 3.65.